The van der Waals surface area contributed by atoms with Gasteiger partial charge in [-0.1, -0.05) is 35.8 Å². The minimum atomic E-state index is -1.53. The molecule has 0 heterocycles. The summed E-state index contributed by atoms with van der Waals surface area (Å²) < 4.78 is 23.4. The molecule has 36 heavy (non-hydrogen) atoms. The van der Waals surface area contributed by atoms with E-state index in [1.165, 1.54) is 5.57 Å². The maximum Gasteiger partial charge on any atom is 0.429 e. The Morgan fingerprint density at radius 3 is 2.67 bits per heavy atom. The highest BCUT2D eigenvalue weighted by Gasteiger charge is 2.63. The van der Waals surface area contributed by atoms with Crippen molar-refractivity contribution in [3.63, 3.8) is 0 Å². The van der Waals surface area contributed by atoms with Crippen molar-refractivity contribution in [3.8, 4) is 0 Å². The van der Waals surface area contributed by atoms with Crippen LogP contribution in [0.15, 0.2) is 34.1 Å². The maximum absolute atomic E-state index is 12.5. The SMILES string of the molecule is CCOP(OI)O/N=C1/C=CC2(C)C(=C1)CCC1C2C(N=O)CC2(C)C(C(=O)CO)CCC12.CSO. The van der Waals surface area contributed by atoms with Gasteiger partial charge in [-0.05, 0) is 80.5 Å². The van der Waals surface area contributed by atoms with Crippen molar-refractivity contribution in [1.29, 1.82) is 0 Å². The van der Waals surface area contributed by atoms with E-state index < -0.39 is 15.2 Å². The van der Waals surface area contributed by atoms with Crippen LogP contribution in [0.5, 0.6) is 0 Å². The van der Waals surface area contributed by atoms with E-state index in [1.54, 1.807) is 29.3 Å². The number of hydrogen-bond acceptors (Lipinski definition) is 10. The second-order valence-electron chi connectivity index (χ2n) is 10.2. The number of ketones is 1. The van der Waals surface area contributed by atoms with Crippen molar-refractivity contribution < 1.29 is 26.5 Å². The molecule has 0 aromatic heterocycles. The maximum atomic E-state index is 12.5. The van der Waals surface area contributed by atoms with Gasteiger partial charge in [-0.2, -0.15) is 4.91 Å². The first-order valence-electron chi connectivity index (χ1n) is 12.2. The van der Waals surface area contributed by atoms with Gasteiger partial charge in [0.25, 0.3) is 0 Å². The van der Waals surface area contributed by atoms with Gasteiger partial charge >= 0.3 is 8.60 Å². The molecule has 12 heteroatoms. The number of nitrogens with zero attached hydrogens (tertiary/aromatic N) is 2. The lowest BCUT2D eigenvalue weighted by atomic mass is 9.46. The molecule has 0 aromatic rings. The van der Waals surface area contributed by atoms with Crippen LogP contribution < -0.4 is 0 Å². The summed E-state index contributed by atoms with van der Waals surface area (Å²) in [5, 5.41) is 17.4. The average molecular weight is 655 g/mol. The number of halogens is 1. The predicted molar refractivity (Wildman–Crippen MR) is 150 cm³/mol. The van der Waals surface area contributed by atoms with Crippen molar-refractivity contribution in [2.24, 2.45) is 44.8 Å². The Balaban J connectivity index is 0.00000115. The van der Waals surface area contributed by atoms with Crippen LogP contribution in [0.3, 0.4) is 0 Å². The molecule has 4 aliphatic rings. The highest BCUT2D eigenvalue weighted by molar-refractivity contribution is 14.1. The van der Waals surface area contributed by atoms with Gasteiger partial charge in [-0.15, -0.1) is 0 Å². The largest absolute Gasteiger partial charge is 0.429 e. The van der Waals surface area contributed by atoms with Gasteiger partial charge in [0.15, 0.2) is 5.78 Å². The minimum absolute atomic E-state index is 0.0907. The van der Waals surface area contributed by atoms with Crippen molar-refractivity contribution in [2.75, 3.05) is 19.5 Å². The Morgan fingerprint density at radius 2 is 2.06 bits per heavy atom. The average Bonchev–Trinajstić information content (AvgIpc) is 3.22. The molecular weight excluding hydrogens is 618 g/mol. The Kier molecular flexibility index (Phi) is 10.9. The van der Waals surface area contributed by atoms with E-state index in [-0.39, 0.29) is 34.5 Å². The number of nitroso groups, excluding NO2 is 1. The minimum Gasteiger partial charge on any atom is -0.389 e. The third kappa shape index (κ3) is 5.77. The van der Waals surface area contributed by atoms with Crippen molar-refractivity contribution in [2.45, 2.75) is 58.9 Å². The first kappa shape index (κ1) is 30.1. The lowest BCUT2D eigenvalue weighted by Crippen LogP contribution is -2.56. The quantitative estimate of drug-likeness (QED) is 0.100. The number of Topliss-reactive ketones (excluding diaryl/α,β-unsaturated/α-hetero) is 1. The number of aliphatic hydroxyl groups excluding tert-OH is 1. The Labute approximate surface area is 232 Å². The third-order valence-corrected chi connectivity index (χ3v) is 10.5. The number of carbonyl (C=O) groups excluding carboxylic acids is 1. The fourth-order valence-electron chi connectivity index (χ4n) is 7.38. The van der Waals surface area contributed by atoms with Crippen LogP contribution in [0.25, 0.3) is 0 Å². The lowest BCUT2D eigenvalue weighted by molar-refractivity contribution is -0.132. The van der Waals surface area contributed by atoms with Gasteiger partial charge in [0.1, 0.15) is 35.3 Å². The summed E-state index contributed by atoms with van der Waals surface area (Å²) in [6, 6.07) is -0.366. The van der Waals surface area contributed by atoms with E-state index in [1.807, 2.05) is 13.0 Å². The molecule has 3 saturated carbocycles. The zero-order valence-electron chi connectivity index (χ0n) is 21.1. The fraction of sp³-hybridized carbons (Fsp3) is 0.750. The van der Waals surface area contributed by atoms with E-state index in [0.29, 0.717) is 30.6 Å². The molecule has 8 atom stereocenters. The number of rotatable bonds is 8. The molecular formula is C24H36IN2O7PS. The smallest absolute Gasteiger partial charge is 0.389 e. The first-order chi connectivity index (χ1) is 17.2. The number of aliphatic hydroxyl groups is 1. The first-order valence-corrected chi connectivity index (χ1v) is 15.4. The number of hydrogen-bond donors (Lipinski definition) is 2. The molecule has 8 unspecified atom stereocenters. The zero-order valence-corrected chi connectivity index (χ0v) is 25.0. The number of carbonyl (C=O) groups is 1. The summed E-state index contributed by atoms with van der Waals surface area (Å²) in [5.41, 5.74) is 1.38. The van der Waals surface area contributed by atoms with E-state index >= 15 is 0 Å². The molecule has 4 rings (SSSR count). The fourth-order valence-corrected chi connectivity index (χ4v) is 8.42. The Morgan fingerprint density at radius 1 is 1.33 bits per heavy atom. The van der Waals surface area contributed by atoms with E-state index in [9.17, 15) is 14.8 Å². The number of allylic oxidation sites excluding steroid dienone is 4. The summed E-state index contributed by atoms with van der Waals surface area (Å²) >= 11 is 2.50. The van der Waals surface area contributed by atoms with E-state index in [2.05, 4.69) is 36.3 Å². The Hall–Kier alpha value is -0.430. The summed E-state index contributed by atoms with van der Waals surface area (Å²) in [5.74, 6) is 0.504. The van der Waals surface area contributed by atoms with Crippen molar-refractivity contribution in [1.82, 2.24) is 0 Å². The second-order valence-corrected chi connectivity index (χ2v) is 12.8. The van der Waals surface area contributed by atoms with Gasteiger partial charge in [-0.3, -0.25) is 4.79 Å². The molecule has 0 bridgehead atoms. The van der Waals surface area contributed by atoms with Crippen LogP contribution in [0, 0.1) is 39.4 Å². The molecule has 2 N–H and O–H groups in total. The van der Waals surface area contributed by atoms with Gasteiger partial charge in [0.05, 0.1) is 12.6 Å². The molecule has 9 nitrogen and oxygen atoms in total. The van der Waals surface area contributed by atoms with Crippen LogP contribution in [0.4, 0.5) is 0 Å². The van der Waals surface area contributed by atoms with Gasteiger partial charge < -0.3 is 18.8 Å². The number of fused-ring (bicyclic) bond motifs is 5. The molecule has 0 spiro atoms. The van der Waals surface area contributed by atoms with Crippen molar-refractivity contribution >= 4 is 55.1 Å². The van der Waals surface area contributed by atoms with Crippen LogP contribution in [-0.2, 0) is 16.8 Å². The van der Waals surface area contributed by atoms with Crippen molar-refractivity contribution in [3.05, 3.63) is 28.7 Å². The van der Waals surface area contributed by atoms with Crippen LogP contribution in [0.1, 0.15) is 52.9 Å². The lowest BCUT2D eigenvalue weighted by Gasteiger charge is -2.58. The highest BCUT2D eigenvalue weighted by atomic mass is 127. The predicted octanol–water partition coefficient (Wildman–Crippen LogP) is 6.47. The second kappa shape index (κ2) is 13.1. The summed E-state index contributed by atoms with van der Waals surface area (Å²) in [7, 11) is -1.53. The van der Waals surface area contributed by atoms with Crippen LogP contribution >= 0.6 is 43.7 Å². The van der Waals surface area contributed by atoms with Crippen LogP contribution in [-0.4, -0.2) is 46.7 Å². The summed E-state index contributed by atoms with van der Waals surface area (Å²) in [6.45, 7) is 6.27. The summed E-state index contributed by atoms with van der Waals surface area (Å²) in [6.07, 6.45) is 12.0. The van der Waals surface area contributed by atoms with Gasteiger partial charge in [0, 0.05) is 23.5 Å². The van der Waals surface area contributed by atoms with E-state index in [0.717, 1.165) is 37.7 Å². The zero-order chi connectivity index (χ0) is 26.5. The summed E-state index contributed by atoms with van der Waals surface area (Å²) in [4.78, 5) is 24.7. The van der Waals surface area contributed by atoms with Crippen LogP contribution in [0.2, 0.25) is 0 Å². The monoisotopic (exact) mass is 654 g/mol. The molecule has 0 aliphatic heterocycles. The molecule has 3 fully saturated rings. The molecule has 202 valence electrons. The van der Waals surface area contributed by atoms with Gasteiger partial charge in [-0.25, -0.2) is 2.85 Å². The molecule has 4 aliphatic carbocycles. The molecule has 0 radical (unpaired) electrons. The topological polar surface area (TPSA) is 127 Å². The molecule has 0 saturated heterocycles. The van der Waals surface area contributed by atoms with Gasteiger partial charge in [0.2, 0.25) is 0 Å². The molecule has 0 aromatic carbocycles. The third-order valence-electron chi connectivity index (χ3n) is 8.69. The highest BCUT2D eigenvalue weighted by Crippen LogP contribution is 2.66. The normalized spacial score (nSPS) is 38.6. The Bertz CT molecular complexity index is 906. The van der Waals surface area contributed by atoms with E-state index in [4.69, 9.17) is 16.6 Å². The number of oxime groups is 1. The standard InChI is InChI=1S/C23H32IN2O6P.CH4OS/c1-4-30-33(31-24)32-26-15-9-10-22(2)14(11-15)5-6-16-17-7-8-18(20(28)13-27)23(17,3)12-19(25-29)21(16)22;1-3-2/h9-11,16-19,21,27H,4-8,12-13H2,1-3H3;2H,1H3/b26-15-;. The molecule has 0 amide bonds.